The summed E-state index contributed by atoms with van der Waals surface area (Å²) in [6.45, 7) is 6.24. The zero-order valence-electron chi connectivity index (χ0n) is 24.4. The van der Waals surface area contributed by atoms with Crippen LogP contribution in [-0.4, -0.2) is 88.2 Å². The molecule has 1 unspecified atom stereocenters. The maximum atomic E-state index is 13.7. The SMILES string of the molecule is CC(C)OC(=O)N1CCSC1C(=O)N[C@@H](CSCC1CCCCC1)C(=O)N1CCC(NCc2ccccc2)CC1.Cl. The fraction of sp³-hybridized carbons (Fsp3) is 0.700. The van der Waals surface area contributed by atoms with E-state index in [0.29, 0.717) is 43.1 Å². The van der Waals surface area contributed by atoms with Gasteiger partial charge in [-0.15, -0.1) is 24.2 Å². The molecule has 3 amide bonds. The van der Waals surface area contributed by atoms with E-state index in [9.17, 15) is 14.4 Å². The second-order valence-corrected chi connectivity index (χ2v) is 13.7. The van der Waals surface area contributed by atoms with E-state index in [2.05, 4.69) is 34.9 Å². The van der Waals surface area contributed by atoms with Gasteiger partial charge in [0, 0.05) is 43.7 Å². The first-order valence-corrected chi connectivity index (χ1v) is 17.1. The maximum Gasteiger partial charge on any atom is 0.411 e. The zero-order valence-corrected chi connectivity index (χ0v) is 26.9. The summed E-state index contributed by atoms with van der Waals surface area (Å²) < 4.78 is 5.36. The molecule has 1 aromatic rings. The first kappa shape index (κ1) is 33.9. The number of halogens is 1. The van der Waals surface area contributed by atoms with Gasteiger partial charge in [0.25, 0.3) is 5.91 Å². The van der Waals surface area contributed by atoms with Crippen molar-refractivity contribution in [2.24, 2.45) is 5.92 Å². The van der Waals surface area contributed by atoms with E-state index in [1.807, 2.05) is 11.0 Å². The second-order valence-electron chi connectivity index (χ2n) is 11.4. The highest BCUT2D eigenvalue weighted by Crippen LogP contribution is 2.28. The van der Waals surface area contributed by atoms with Gasteiger partial charge in [-0.3, -0.25) is 14.5 Å². The van der Waals surface area contributed by atoms with Crippen molar-refractivity contribution in [2.45, 2.75) is 88.9 Å². The molecule has 41 heavy (non-hydrogen) atoms. The molecular weight excluding hydrogens is 580 g/mol. The number of nitrogens with zero attached hydrogens (tertiary/aromatic N) is 2. The number of carbonyl (C=O) groups excluding carboxylic acids is 3. The van der Waals surface area contributed by atoms with Crippen LogP contribution in [0.5, 0.6) is 0 Å². The molecule has 0 spiro atoms. The molecule has 2 heterocycles. The molecule has 2 N–H and O–H groups in total. The number of hydrogen-bond acceptors (Lipinski definition) is 7. The molecule has 1 aliphatic carbocycles. The number of ether oxygens (including phenoxy) is 1. The molecule has 0 aromatic heterocycles. The topological polar surface area (TPSA) is 91.0 Å². The van der Waals surface area contributed by atoms with Gasteiger partial charge in [-0.1, -0.05) is 49.6 Å². The number of benzene rings is 1. The summed E-state index contributed by atoms with van der Waals surface area (Å²) in [4.78, 5) is 43.1. The number of nitrogens with one attached hydrogen (secondary N) is 2. The standard InChI is InChI=1S/C30H46N4O4S2.ClH/c1-22(2)38-30(37)34-17-18-40-29(34)27(35)32-26(21-39-20-24-11-7-4-8-12-24)28(36)33-15-13-25(14-16-33)31-19-23-9-5-3-6-10-23;/h3,5-6,9-10,22,24-26,29,31H,4,7-8,11-21H2,1-2H3,(H,32,35);1H/t26-,29?;/m0./s1. The van der Waals surface area contributed by atoms with Gasteiger partial charge in [-0.05, 0) is 56.8 Å². The minimum Gasteiger partial charge on any atom is -0.447 e. The van der Waals surface area contributed by atoms with Gasteiger partial charge in [0.1, 0.15) is 6.04 Å². The second kappa shape index (κ2) is 17.5. The largest absolute Gasteiger partial charge is 0.447 e. The number of piperidine rings is 1. The van der Waals surface area contributed by atoms with Crippen molar-refractivity contribution in [3.05, 3.63) is 35.9 Å². The Morgan fingerprint density at radius 2 is 1.73 bits per heavy atom. The molecule has 3 aliphatic rings. The van der Waals surface area contributed by atoms with Crippen LogP contribution in [0.15, 0.2) is 30.3 Å². The highest BCUT2D eigenvalue weighted by atomic mass is 35.5. The van der Waals surface area contributed by atoms with Crippen LogP contribution in [0.2, 0.25) is 0 Å². The van der Waals surface area contributed by atoms with Crippen LogP contribution in [0.1, 0.15) is 64.4 Å². The average Bonchev–Trinajstić information content (AvgIpc) is 3.47. The minimum atomic E-state index is -0.669. The first-order valence-electron chi connectivity index (χ1n) is 14.9. The lowest BCUT2D eigenvalue weighted by molar-refractivity contribution is -0.137. The summed E-state index contributed by atoms with van der Waals surface area (Å²) in [5, 5.41) is 6.02. The van der Waals surface area contributed by atoms with Crippen molar-refractivity contribution in [1.82, 2.24) is 20.4 Å². The lowest BCUT2D eigenvalue weighted by atomic mass is 9.91. The van der Waals surface area contributed by atoms with E-state index < -0.39 is 17.5 Å². The predicted octanol–water partition coefficient (Wildman–Crippen LogP) is 4.91. The van der Waals surface area contributed by atoms with Crippen LogP contribution < -0.4 is 10.6 Å². The number of rotatable bonds is 11. The van der Waals surface area contributed by atoms with Crippen LogP contribution in [0.25, 0.3) is 0 Å². The third-order valence-corrected chi connectivity index (χ3v) is 10.4. The monoisotopic (exact) mass is 626 g/mol. The number of likely N-dealkylation sites (tertiary alicyclic amines) is 1. The van der Waals surface area contributed by atoms with Crippen LogP contribution in [0.4, 0.5) is 4.79 Å². The van der Waals surface area contributed by atoms with Crippen LogP contribution in [0.3, 0.4) is 0 Å². The summed E-state index contributed by atoms with van der Waals surface area (Å²) in [5.74, 6) is 2.66. The number of carbonyl (C=O) groups is 3. The predicted molar refractivity (Wildman–Crippen MR) is 171 cm³/mol. The van der Waals surface area contributed by atoms with Gasteiger partial charge in [0.2, 0.25) is 5.91 Å². The number of hydrogen-bond donors (Lipinski definition) is 2. The van der Waals surface area contributed by atoms with E-state index in [4.69, 9.17) is 4.74 Å². The lowest BCUT2D eigenvalue weighted by Crippen LogP contribution is -2.56. The molecule has 2 saturated heterocycles. The van der Waals surface area contributed by atoms with E-state index in [-0.39, 0.29) is 30.3 Å². The maximum absolute atomic E-state index is 13.7. The van der Waals surface area contributed by atoms with Crippen molar-refractivity contribution in [1.29, 1.82) is 0 Å². The Morgan fingerprint density at radius 3 is 2.41 bits per heavy atom. The van der Waals surface area contributed by atoms with Crippen molar-refractivity contribution < 1.29 is 19.1 Å². The molecule has 8 nitrogen and oxygen atoms in total. The van der Waals surface area contributed by atoms with Crippen molar-refractivity contribution in [3.63, 3.8) is 0 Å². The summed E-state index contributed by atoms with van der Waals surface area (Å²) in [6.07, 6.45) is 7.47. The van der Waals surface area contributed by atoms with Gasteiger partial charge in [-0.2, -0.15) is 11.8 Å². The normalized spacial score (nSPS) is 20.9. The molecule has 230 valence electrons. The van der Waals surface area contributed by atoms with E-state index in [1.165, 1.54) is 54.3 Å². The van der Waals surface area contributed by atoms with E-state index in [0.717, 1.165) is 25.1 Å². The molecule has 3 fully saturated rings. The Kier molecular flexibility index (Phi) is 14.4. The quantitative estimate of drug-likeness (QED) is 0.361. The van der Waals surface area contributed by atoms with Crippen LogP contribution >= 0.6 is 35.9 Å². The van der Waals surface area contributed by atoms with Crippen LogP contribution in [-0.2, 0) is 20.9 Å². The summed E-state index contributed by atoms with van der Waals surface area (Å²) >= 11 is 3.21. The summed E-state index contributed by atoms with van der Waals surface area (Å²) in [6, 6.07) is 10.1. The smallest absolute Gasteiger partial charge is 0.411 e. The van der Waals surface area contributed by atoms with Crippen molar-refractivity contribution >= 4 is 53.8 Å². The Labute approximate surface area is 260 Å². The molecule has 1 aromatic carbocycles. The molecule has 11 heteroatoms. The van der Waals surface area contributed by atoms with Gasteiger partial charge in [-0.25, -0.2) is 4.79 Å². The third-order valence-electron chi connectivity index (χ3n) is 7.91. The van der Waals surface area contributed by atoms with Gasteiger partial charge < -0.3 is 20.3 Å². The molecular formula is C30H47ClN4O4S2. The molecule has 2 atom stereocenters. The van der Waals surface area contributed by atoms with Crippen molar-refractivity contribution in [3.8, 4) is 0 Å². The highest BCUT2D eigenvalue weighted by molar-refractivity contribution is 8.00. The van der Waals surface area contributed by atoms with Crippen LogP contribution in [0, 0.1) is 5.92 Å². The van der Waals surface area contributed by atoms with Crippen molar-refractivity contribution in [2.75, 3.05) is 36.9 Å². The number of amides is 3. The van der Waals surface area contributed by atoms with Gasteiger partial charge >= 0.3 is 6.09 Å². The lowest BCUT2D eigenvalue weighted by Gasteiger charge is -2.35. The molecule has 4 rings (SSSR count). The molecule has 2 aliphatic heterocycles. The van der Waals surface area contributed by atoms with E-state index in [1.54, 1.807) is 25.6 Å². The molecule has 1 saturated carbocycles. The fourth-order valence-corrected chi connectivity index (χ4v) is 8.03. The fourth-order valence-electron chi connectivity index (χ4n) is 5.65. The zero-order chi connectivity index (χ0) is 28.3. The Bertz CT molecular complexity index is 959. The third kappa shape index (κ3) is 10.6. The Hall–Kier alpha value is -1.62. The molecule has 0 radical (unpaired) electrons. The highest BCUT2D eigenvalue weighted by Gasteiger charge is 2.38. The summed E-state index contributed by atoms with van der Waals surface area (Å²) in [5.41, 5.74) is 1.26. The molecule has 0 bridgehead atoms. The Balaban J connectivity index is 0.00000462. The van der Waals surface area contributed by atoms with E-state index >= 15 is 0 Å². The Morgan fingerprint density at radius 1 is 1.02 bits per heavy atom. The summed E-state index contributed by atoms with van der Waals surface area (Å²) in [7, 11) is 0. The van der Waals surface area contributed by atoms with Gasteiger partial charge in [0.15, 0.2) is 5.37 Å². The average molecular weight is 627 g/mol. The number of thioether (sulfide) groups is 2. The van der Waals surface area contributed by atoms with Gasteiger partial charge in [0.05, 0.1) is 6.10 Å². The first-order chi connectivity index (χ1) is 19.4. The minimum absolute atomic E-state index is 0.